The Bertz CT molecular complexity index is 186. The summed E-state index contributed by atoms with van der Waals surface area (Å²) in [5.74, 6) is 0. The largest absolute Gasteiger partial charge is 0.249 e. The molecule has 1 atom stereocenters. The summed E-state index contributed by atoms with van der Waals surface area (Å²) in [7, 11) is 0. The van der Waals surface area contributed by atoms with E-state index in [-0.39, 0.29) is 0 Å². The van der Waals surface area contributed by atoms with E-state index in [2.05, 4.69) is 29.0 Å². The van der Waals surface area contributed by atoms with Crippen LogP contribution < -0.4 is 0 Å². The highest BCUT2D eigenvalue weighted by Crippen LogP contribution is 2.20. The van der Waals surface area contributed by atoms with E-state index in [0.29, 0.717) is 6.54 Å². The maximum Gasteiger partial charge on any atom is 0.209 e. The molecule has 4 nitrogen and oxygen atoms in total. The van der Waals surface area contributed by atoms with E-state index in [9.17, 15) is 0 Å². The van der Waals surface area contributed by atoms with Crippen molar-refractivity contribution >= 4 is 0 Å². The Hall–Kier alpha value is -0.480. The maximum atomic E-state index is 8.84. The van der Waals surface area contributed by atoms with E-state index in [1.807, 2.05) is 0 Å². The number of hydrogen-bond donors (Lipinski definition) is 1. The van der Waals surface area contributed by atoms with Gasteiger partial charge in [0.15, 0.2) is 0 Å². The second kappa shape index (κ2) is 9.73. The van der Waals surface area contributed by atoms with Crippen molar-refractivity contribution in [3.63, 3.8) is 0 Å². The molecule has 0 aliphatic rings. The van der Waals surface area contributed by atoms with Crippen molar-refractivity contribution in [3.05, 3.63) is 0 Å². The van der Waals surface area contributed by atoms with Crippen molar-refractivity contribution in [2.75, 3.05) is 6.54 Å². The van der Waals surface area contributed by atoms with Crippen molar-refractivity contribution in [3.8, 4) is 0 Å². The van der Waals surface area contributed by atoms with Crippen LogP contribution in [0.5, 0.6) is 0 Å². The van der Waals surface area contributed by atoms with Gasteiger partial charge in [-0.05, 0) is 19.8 Å². The molecule has 1 N–H and O–H groups in total. The highest BCUT2D eigenvalue weighted by molar-refractivity contribution is 4.68. The van der Waals surface area contributed by atoms with Gasteiger partial charge in [0, 0.05) is 6.42 Å². The average molecular weight is 230 g/mol. The zero-order valence-electron chi connectivity index (χ0n) is 10.9. The zero-order valence-corrected chi connectivity index (χ0v) is 10.9. The van der Waals surface area contributed by atoms with Gasteiger partial charge >= 0.3 is 0 Å². The van der Waals surface area contributed by atoms with Gasteiger partial charge in [-0.1, -0.05) is 39.5 Å². The van der Waals surface area contributed by atoms with Crippen LogP contribution in [0.25, 0.3) is 0 Å². The first-order valence-electron chi connectivity index (χ1n) is 6.39. The first-order chi connectivity index (χ1) is 7.68. The quantitative estimate of drug-likeness (QED) is 0.261. The van der Waals surface area contributed by atoms with Gasteiger partial charge in [0.25, 0.3) is 0 Å². The van der Waals surface area contributed by atoms with Crippen molar-refractivity contribution in [2.24, 2.45) is 10.2 Å². The molecule has 0 aromatic heterocycles. The predicted octanol–water partition coefficient (Wildman–Crippen LogP) is 4.41. The Morgan fingerprint density at radius 1 is 1.06 bits per heavy atom. The molecule has 1 unspecified atom stereocenters. The maximum absolute atomic E-state index is 8.84. The summed E-state index contributed by atoms with van der Waals surface area (Å²) < 4.78 is 0. The van der Waals surface area contributed by atoms with E-state index in [1.165, 1.54) is 12.8 Å². The Morgan fingerprint density at radius 2 is 1.75 bits per heavy atom. The SMILES string of the molecule is CCCCCCC(C)(/N=N/CCCC)OO. The molecule has 0 aromatic carbocycles. The molecule has 4 heteroatoms. The van der Waals surface area contributed by atoms with Gasteiger partial charge in [-0.15, -0.1) is 0 Å². The van der Waals surface area contributed by atoms with Crippen LogP contribution in [0, 0.1) is 0 Å². The minimum atomic E-state index is -0.846. The van der Waals surface area contributed by atoms with Crippen LogP contribution in [0.1, 0.15) is 65.7 Å². The average Bonchev–Trinajstić information content (AvgIpc) is 2.31. The fraction of sp³-hybridized carbons (Fsp3) is 1.00. The molecule has 0 bridgehead atoms. The summed E-state index contributed by atoms with van der Waals surface area (Å²) in [4.78, 5) is 4.44. The number of unbranched alkanes of at least 4 members (excludes halogenated alkanes) is 4. The van der Waals surface area contributed by atoms with Crippen LogP contribution in [-0.4, -0.2) is 17.5 Å². The topological polar surface area (TPSA) is 54.2 Å². The molecule has 0 aromatic rings. The smallest absolute Gasteiger partial charge is 0.209 e. The van der Waals surface area contributed by atoms with Gasteiger partial charge < -0.3 is 0 Å². The van der Waals surface area contributed by atoms with Crippen molar-refractivity contribution < 1.29 is 10.1 Å². The minimum absolute atomic E-state index is 0.713. The number of nitrogens with zero attached hydrogens (tertiary/aromatic N) is 2. The molecule has 0 aliphatic carbocycles. The fourth-order valence-corrected chi connectivity index (χ4v) is 1.42. The van der Waals surface area contributed by atoms with Crippen LogP contribution >= 0.6 is 0 Å². The molecule has 0 heterocycles. The lowest BCUT2D eigenvalue weighted by atomic mass is 10.1. The third kappa shape index (κ3) is 7.77. The van der Waals surface area contributed by atoms with Crippen LogP contribution in [-0.2, 0) is 4.89 Å². The lowest BCUT2D eigenvalue weighted by molar-refractivity contribution is -0.319. The Kier molecular flexibility index (Phi) is 9.43. The van der Waals surface area contributed by atoms with Crippen LogP contribution in [0.15, 0.2) is 10.2 Å². The molecular formula is C12H26N2O2. The summed E-state index contributed by atoms with van der Waals surface area (Å²) >= 11 is 0. The predicted molar refractivity (Wildman–Crippen MR) is 65.5 cm³/mol. The van der Waals surface area contributed by atoms with Gasteiger partial charge in [0.05, 0.1) is 6.54 Å². The van der Waals surface area contributed by atoms with Crippen molar-refractivity contribution in [2.45, 2.75) is 71.4 Å². The van der Waals surface area contributed by atoms with Crippen LogP contribution in [0.4, 0.5) is 0 Å². The number of azo groups is 1. The third-order valence-corrected chi connectivity index (χ3v) is 2.58. The lowest BCUT2D eigenvalue weighted by Crippen LogP contribution is -2.24. The Morgan fingerprint density at radius 3 is 2.31 bits per heavy atom. The zero-order chi connectivity index (χ0) is 12.3. The molecule has 96 valence electrons. The van der Waals surface area contributed by atoms with Gasteiger partial charge in [0.2, 0.25) is 5.72 Å². The van der Waals surface area contributed by atoms with Gasteiger partial charge in [-0.2, -0.15) is 10.2 Å². The van der Waals surface area contributed by atoms with Crippen LogP contribution in [0.3, 0.4) is 0 Å². The number of rotatable bonds is 10. The molecule has 0 fully saturated rings. The summed E-state index contributed by atoms with van der Waals surface area (Å²) in [5, 5.41) is 16.9. The molecule has 0 amide bonds. The number of hydrogen-bond acceptors (Lipinski definition) is 4. The summed E-state index contributed by atoms with van der Waals surface area (Å²) in [5.41, 5.74) is -0.846. The Labute approximate surface area is 99.0 Å². The van der Waals surface area contributed by atoms with Gasteiger partial charge in [0.1, 0.15) is 0 Å². The molecule has 0 spiro atoms. The normalized spacial score (nSPS) is 15.5. The van der Waals surface area contributed by atoms with E-state index in [0.717, 1.165) is 32.1 Å². The van der Waals surface area contributed by atoms with E-state index in [4.69, 9.17) is 5.26 Å². The summed E-state index contributed by atoms with van der Waals surface area (Å²) in [6.45, 7) is 6.77. The third-order valence-electron chi connectivity index (χ3n) is 2.58. The van der Waals surface area contributed by atoms with E-state index >= 15 is 0 Å². The second-order valence-corrected chi connectivity index (χ2v) is 4.40. The monoisotopic (exact) mass is 230 g/mol. The minimum Gasteiger partial charge on any atom is -0.249 e. The van der Waals surface area contributed by atoms with Crippen molar-refractivity contribution in [1.82, 2.24) is 0 Å². The Balaban J connectivity index is 3.85. The van der Waals surface area contributed by atoms with Crippen LogP contribution in [0.2, 0.25) is 0 Å². The molecule has 0 aliphatic heterocycles. The molecule has 0 radical (unpaired) electrons. The molecule has 0 rings (SSSR count). The first-order valence-corrected chi connectivity index (χ1v) is 6.39. The summed E-state index contributed by atoms with van der Waals surface area (Å²) in [6.07, 6.45) is 7.44. The highest BCUT2D eigenvalue weighted by Gasteiger charge is 2.24. The molecular weight excluding hydrogens is 204 g/mol. The summed E-state index contributed by atoms with van der Waals surface area (Å²) in [6, 6.07) is 0. The van der Waals surface area contributed by atoms with Gasteiger partial charge in [-0.3, -0.25) is 0 Å². The molecule has 16 heavy (non-hydrogen) atoms. The highest BCUT2D eigenvalue weighted by atomic mass is 17.1. The molecule has 0 saturated heterocycles. The van der Waals surface area contributed by atoms with Crippen molar-refractivity contribution in [1.29, 1.82) is 0 Å². The van der Waals surface area contributed by atoms with Gasteiger partial charge in [-0.25, -0.2) is 10.1 Å². The lowest BCUT2D eigenvalue weighted by Gasteiger charge is -2.19. The standard InChI is InChI=1S/C12H26N2O2/c1-4-6-8-9-10-12(3,16-15)14-13-11-7-5-2/h15H,4-11H2,1-3H3/b14-13+. The first kappa shape index (κ1) is 15.5. The molecule has 0 saturated carbocycles. The van der Waals surface area contributed by atoms with E-state index < -0.39 is 5.72 Å². The fourth-order valence-electron chi connectivity index (χ4n) is 1.42. The van der Waals surface area contributed by atoms with E-state index in [1.54, 1.807) is 6.92 Å². The second-order valence-electron chi connectivity index (χ2n) is 4.40.